The van der Waals surface area contributed by atoms with E-state index < -0.39 is 8.07 Å². The van der Waals surface area contributed by atoms with Crippen molar-refractivity contribution in [3.63, 3.8) is 0 Å². The van der Waals surface area contributed by atoms with Gasteiger partial charge in [0.2, 0.25) is 0 Å². The Bertz CT molecular complexity index is 1410. The lowest BCUT2D eigenvalue weighted by molar-refractivity contribution is 0.658. The second-order valence-corrected chi connectivity index (χ2v) is 14.4. The fourth-order valence-corrected chi connectivity index (χ4v) is 5.37. The predicted octanol–water partition coefficient (Wildman–Crippen LogP) is 6.86. The van der Waals surface area contributed by atoms with Crippen molar-refractivity contribution in [3.05, 3.63) is 66.5 Å². The molecular weight excluding hydrogens is 384 g/mol. The Balaban J connectivity index is 1.80. The fourth-order valence-electron chi connectivity index (χ4n) is 4.22. The van der Waals surface area contributed by atoms with Gasteiger partial charge in [-0.05, 0) is 23.6 Å². The average Bonchev–Trinajstić information content (AvgIpc) is 3.11. The molecule has 0 bridgehead atoms. The van der Waals surface area contributed by atoms with Crippen molar-refractivity contribution in [2.45, 2.75) is 39.4 Å². The first-order valence-corrected chi connectivity index (χ1v) is 14.0. The van der Waals surface area contributed by atoms with Crippen LogP contribution in [0.4, 0.5) is 0 Å². The molecule has 0 aliphatic carbocycles. The zero-order valence-electron chi connectivity index (χ0n) is 18.2. The number of rotatable bonds is 3. The number of fused-ring (bicyclic) bond motifs is 4. The van der Waals surface area contributed by atoms with Crippen molar-refractivity contribution in [1.82, 2.24) is 9.97 Å². The largest absolute Gasteiger partial charge is 0.455 e. The maximum atomic E-state index is 6.50. The highest BCUT2D eigenvalue weighted by molar-refractivity contribution is 6.88. The molecule has 0 fully saturated rings. The molecule has 4 heteroatoms. The third kappa shape index (κ3) is 2.94. The first-order valence-electron chi connectivity index (χ1n) is 10.5. The van der Waals surface area contributed by atoms with Gasteiger partial charge in [0.15, 0.2) is 0 Å². The van der Waals surface area contributed by atoms with Crippen LogP contribution in [0.15, 0.2) is 65.3 Å². The third-order valence-electron chi connectivity index (χ3n) is 5.93. The van der Waals surface area contributed by atoms with Gasteiger partial charge in [0.1, 0.15) is 17.5 Å². The zero-order valence-corrected chi connectivity index (χ0v) is 19.2. The smallest absolute Gasteiger partial charge is 0.144 e. The molecule has 0 atom stereocenters. The van der Waals surface area contributed by atoms with Crippen LogP contribution in [-0.2, 0) is 0 Å². The van der Waals surface area contributed by atoms with Gasteiger partial charge in [0, 0.05) is 21.7 Å². The fraction of sp³-hybridized carbons (Fsp3) is 0.231. The lowest BCUT2D eigenvalue weighted by atomic mass is 9.99. The van der Waals surface area contributed by atoms with Gasteiger partial charge in [-0.2, -0.15) is 0 Å². The normalized spacial score (nSPS) is 12.5. The molecule has 0 spiro atoms. The van der Waals surface area contributed by atoms with Crippen LogP contribution in [0.5, 0.6) is 0 Å². The summed E-state index contributed by atoms with van der Waals surface area (Å²) in [7, 11) is -1.41. The van der Waals surface area contributed by atoms with Gasteiger partial charge in [0.25, 0.3) is 0 Å². The predicted molar refractivity (Wildman–Crippen MR) is 129 cm³/mol. The van der Waals surface area contributed by atoms with Gasteiger partial charge in [-0.15, -0.1) is 0 Å². The van der Waals surface area contributed by atoms with Crippen LogP contribution in [0.3, 0.4) is 0 Å². The molecule has 3 nitrogen and oxygen atoms in total. The Labute approximate surface area is 177 Å². The molecule has 0 saturated heterocycles. The second-order valence-electron chi connectivity index (χ2n) is 9.37. The number of para-hydroxylation sites is 2. The molecule has 2 aromatic heterocycles. The minimum atomic E-state index is -1.41. The SMILES string of the molecule is CC(C)c1cccc2c1oc1c(-c3ncnc4cc([Si](C)(C)C)ccc34)cccc12. The standard InChI is InChI=1S/C26H26N2OSi/c1-16(2)18-8-6-9-19-20-10-7-11-22(26(20)29-25(18)19)24-21-13-12-17(30(3,4)5)14-23(21)27-15-28-24/h6-16H,1-5H3. The van der Waals surface area contributed by atoms with Crippen molar-refractivity contribution in [2.24, 2.45) is 0 Å². The Morgan fingerprint density at radius 1 is 0.800 bits per heavy atom. The van der Waals surface area contributed by atoms with Crippen LogP contribution in [-0.4, -0.2) is 18.0 Å². The van der Waals surface area contributed by atoms with Crippen molar-refractivity contribution >= 4 is 46.1 Å². The first-order chi connectivity index (χ1) is 14.3. The van der Waals surface area contributed by atoms with Crippen LogP contribution in [0.25, 0.3) is 44.1 Å². The Kier molecular flexibility index (Phi) is 4.29. The van der Waals surface area contributed by atoms with Crippen LogP contribution < -0.4 is 5.19 Å². The van der Waals surface area contributed by atoms with Gasteiger partial charge in [-0.3, -0.25) is 0 Å². The van der Waals surface area contributed by atoms with E-state index >= 15 is 0 Å². The quantitative estimate of drug-likeness (QED) is 0.305. The minimum Gasteiger partial charge on any atom is -0.455 e. The highest BCUT2D eigenvalue weighted by Gasteiger charge is 2.20. The lowest BCUT2D eigenvalue weighted by Gasteiger charge is -2.17. The van der Waals surface area contributed by atoms with E-state index in [-0.39, 0.29) is 0 Å². The highest BCUT2D eigenvalue weighted by atomic mass is 28.3. The number of aromatic nitrogens is 2. The van der Waals surface area contributed by atoms with E-state index in [1.807, 2.05) is 0 Å². The maximum Gasteiger partial charge on any atom is 0.144 e. The Hall–Kier alpha value is -2.98. The van der Waals surface area contributed by atoms with Gasteiger partial charge in [0.05, 0.1) is 19.3 Å². The first kappa shape index (κ1) is 19.0. The molecule has 3 aromatic carbocycles. The van der Waals surface area contributed by atoms with E-state index in [4.69, 9.17) is 4.42 Å². The molecule has 0 N–H and O–H groups in total. The topological polar surface area (TPSA) is 38.9 Å². The average molecular weight is 411 g/mol. The van der Waals surface area contributed by atoms with Gasteiger partial charge in [-0.25, -0.2) is 9.97 Å². The molecule has 2 heterocycles. The molecule has 0 aliphatic heterocycles. The van der Waals surface area contributed by atoms with Gasteiger partial charge in [-0.1, -0.05) is 81.1 Å². The summed E-state index contributed by atoms with van der Waals surface area (Å²) in [5, 5.41) is 4.77. The Morgan fingerprint density at radius 3 is 2.27 bits per heavy atom. The lowest BCUT2D eigenvalue weighted by Crippen LogP contribution is -2.37. The number of hydrogen-bond acceptors (Lipinski definition) is 3. The molecule has 5 aromatic rings. The van der Waals surface area contributed by atoms with E-state index in [0.717, 1.165) is 44.1 Å². The van der Waals surface area contributed by atoms with Crippen molar-refractivity contribution in [3.8, 4) is 11.3 Å². The zero-order chi connectivity index (χ0) is 21.0. The van der Waals surface area contributed by atoms with Crippen LogP contribution in [0.1, 0.15) is 25.3 Å². The Morgan fingerprint density at radius 2 is 1.53 bits per heavy atom. The molecule has 150 valence electrons. The minimum absolute atomic E-state index is 0.401. The van der Waals surface area contributed by atoms with E-state index in [1.54, 1.807) is 6.33 Å². The summed E-state index contributed by atoms with van der Waals surface area (Å²) in [6.07, 6.45) is 1.67. The van der Waals surface area contributed by atoms with Crippen LogP contribution in [0.2, 0.25) is 19.6 Å². The number of hydrogen-bond donors (Lipinski definition) is 0. The molecule has 0 aliphatic rings. The molecular formula is C26H26N2OSi. The highest BCUT2D eigenvalue weighted by Crippen LogP contribution is 2.39. The summed E-state index contributed by atoms with van der Waals surface area (Å²) in [4.78, 5) is 9.27. The van der Waals surface area contributed by atoms with E-state index in [0.29, 0.717) is 5.92 Å². The number of nitrogens with zero attached hydrogens (tertiary/aromatic N) is 2. The van der Waals surface area contributed by atoms with Gasteiger partial charge >= 0.3 is 0 Å². The summed E-state index contributed by atoms with van der Waals surface area (Å²) >= 11 is 0. The summed E-state index contributed by atoms with van der Waals surface area (Å²) in [5.41, 5.74) is 6.06. The molecule has 0 saturated carbocycles. The molecule has 5 rings (SSSR count). The van der Waals surface area contributed by atoms with E-state index in [2.05, 4.69) is 98.1 Å². The van der Waals surface area contributed by atoms with E-state index in [9.17, 15) is 0 Å². The van der Waals surface area contributed by atoms with Crippen molar-refractivity contribution in [2.75, 3.05) is 0 Å². The van der Waals surface area contributed by atoms with E-state index in [1.165, 1.54) is 10.8 Å². The van der Waals surface area contributed by atoms with Crippen molar-refractivity contribution in [1.29, 1.82) is 0 Å². The van der Waals surface area contributed by atoms with Crippen LogP contribution >= 0.6 is 0 Å². The molecule has 30 heavy (non-hydrogen) atoms. The third-order valence-corrected chi connectivity index (χ3v) is 7.98. The summed E-state index contributed by atoms with van der Waals surface area (Å²) in [6.45, 7) is 11.5. The van der Waals surface area contributed by atoms with Gasteiger partial charge < -0.3 is 4.42 Å². The molecule has 0 unspecified atom stereocenters. The maximum absolute atomic E-state index is 6.50. The summed E-state index contributed by atoms with van der Waals surface area (Å²) in [6, 6.07) is 19.4. The monoisotopic (exact) mass is 410 g/mol. The number of benzene rings is 3. The number of furan rings is 1. The van der Waals surface area contributed by atoms with Crippen molar-refractivity contribution < 1.29 is 4.42 Å². The summed E-state index contributed by atoms with van der Waals surface area (Å²) in [5.74, 6) is 0.401. The summed E-state index contributed by atoms with van der Waals surface area (Å²) < 4.78 is 6.50. The molecule has 0 amide bonds. The van der Waals surface area contributed by atoms with Crippen LogP contribution in [0, 0.1) is 0 Å². The molecule has 0 radical (unpaired) electrons. The second kappa shape index (κ2) is 6.78.